The number of amides is 2. The highest BCUT2D eigenvalue weighted by Gasteiger charge is 2.56. The number of nitrogens with one attached hydrogen (secondary N) is 1. The quantitative estimate of drug-likeness (QED) is 0.457. The van der Waals surface area contributed by atoms with Gasteiger partial charge in [-0.25, -0.2) is 0 Å². The molecule has 142 valence electrons. The Morgan fingerprint density at radius 3 is 2.58 bits per heavy atom. The standard InChI is InChI=1S/C21H29NO4/c1-5-6-14-12(3)10-13-9-11(2)7-8-15(13)21(14,4)18(24)16-17(23)20(26)22-19(16)25/h10-11,13-15H,5-9H2,1-4H3,(H2,22,23,25,26)/t11-,13+,14-,15-,21-/m1/s1. The first-order chi connectivity index (χ1) is 12.2. The molecule has 0 spiro atoms. The van der Waals surface area contributed by atoms with E-state index in [1.807, 2.05) is 6.92 Å². The van der Waals surface area contributed by atoms with E-state index in [-0.39, 0.29) is 23.2 Å². The van der Waals surface area contributed by atoms with Gasteiger partial charge in [0.05, 0.1) is 0 Å². The molecule has 1 heterocycles. The Hall–Kier alpha value is -1.91. The fourth-order valence-corrected chi connectivity index (χ4v) is 5.61. The number of Topliss-reactive ketones (excluding diaryl/α,β-unsaturated/α-hetero) is 1. The van der Waals surface area contributed by atoms with Crippen LogP contribution in [0.25, 0.3) is 0 Å². The van der Waals surface area contributed by atoms with Crippen molar-refractivity contribution in [3.63, 3.8) is 0 Å². The molecule has 3 aliphatic rings. The number of aliphatic hydroxyl groups is 1. The maximum Gasteiger partial charge on any atom is 0.293 e. The van der Waals surface area contributed by atoms with Crippen molar-refractivity contribution in [1.82, 2.24) is 5.32 Å². The van der Waals surface area contributed by atoms with Gasteiger partial charge in [0.15, 0.2) is 11.5 Å². The minimum absolute atomic E-state index is 0.0264. The van der Waals surface area contributed by atoms with E-state index in [4.69, 9.17) is 0 Å². The van der Waals surface area contributed by atoms with Crippen LogP contribution in [0.15, 0.2) is 23.0 Å². The number of hydrogen-bond acceptors (Lipinski definition) is 4. The summed E-state index contributed by atoms with van der Waals surface area (Å²) in [4.78, 5) is 37.5. The molecule has 0 aromatic carbocycles. The molecule has 0 unspecified atom stereocenters. The number of carbonyl (C=O) groups is 3. The van der Waals surface area contributed by atoms with Gasteiger partial charge >= 0.3 is 0 Å². The number of rotatable bonds is 4. The summed E-state index contributed by atoms with van der Waals surface area (Å²) in [6, 6.07) is 0. The predicted octanol–water partition coefficient (Wildman–Crippen LogP) is 3.46. The molecule has 1 aliphatic heterocycles. The summed E-state index contributed by atoms with van der Waals surface area (Å²) >= 11 is 0. The van der Waals surface area contributed by atoms with Gasteiger partial charge in [-0.05, 0) is 49.9 Å². The van der Waals surface area contributed by atoms with E-state index in [1.165, 1.54) is 5.57 Å². The van der Waals surface area contributed by atoms with E-state index in [2.05, 4.69) is 32.2 Å². The summed E-state index contributed by atoms with van der Waals surface area (Å²) in [5.41, 5.74) is 0.0822. The first kappa shape index (κ1) is 18.9. The third kappa shape index (κ3) is 2.72. The van der Waals surface area contributed by atoms with E-state index < -0.39 is 23.0 Å². The molecule has 0 bridgehead atoms. The van der Waals surface area contributed by atoms with Crippen LogP contribution in [0, 0.1) is 29.1 Å². The van der Waals surface area contributed by atoms with Gasteiger partial charge in [0.2, 0.25) is 0 Å². The van der Waals surface area contributed by atoms with E-state index in [0.717, 1.165) is 32.1 Å². The third-order valence-electron chi connectivity index (χ3n) is 6.88. The van der Waals surface area contributed by atoms with Gasteiger partial charge in [-0.15, -0.1) is 0 Å². The molecular formula is C21H29NO4. The van der Waals surface area contributed by atoms with Crippen molar-refractivity contribution in [1.29, 1.82) is 0 Å². The number of hydrogen-bond donors (Lipinski definition) is 2. The van der Waals surface area contributed by atoms with Gasteiger partial charge < -0.3 is 5.11 Å². The molecule has 0 radical (unpaired) electrons. The van der Waals surface area contributed by atoms with Crippen LogP contribution >= 0.6 is 0 Å². The molecule has 26 heavy (non-hydrogen) atoms. The first-order valence-electron chi connectivity index (χ1n) is 9.73. The first-order valence-corrected chi connectivity index (χ1v) is 9.73. The summed E-state index contributed by atoms with van der Waals surface area (Å²) in [6.45, 7) is 8.37. The zero-order chi connectivity index (χ0) is 19.2. The maximum absolute atomic E-state index is 13.6. The van der Waals surface area contributed by atoms with E-state index >= 15 is 0 Å². The maximum atomic E-state index is 13.6. The number of ketones is 1. The average molecular weight is 359 g/mol. The molecule has 5 atom stereocenters. The van der Waals surface area contributed by atoms with Crippen LogP contribution in [0.3, 0.4) is 0 Å². The van der Waals surface area contributed by atoms with Crippen LogP contribution in [0.5, 0.6) is 0 Å². The van der Waals surface area contributed by atoms with Gasteiger partial charge in [-0.2, -0.15) is 0 Å². The molecule has 5 nitrogen and oxygen atoms in total. The van der Waals surface area contributed by atoms with Crippen LogP contribution in [0.4, 0.5) is 0 Å². The SMILES string of the molecule is CCC[C@@H]1C(C)=C[C@@H]2C[C@H](C)CC[C@H]2[C@]1(C)C(=O)C1=C(O)C(=O)NC1=O. The van der Waals surface area contributed by atoms with Crippen LogP contribution in [0.1, 0.15) is 59.8 Å². The summed E-state index contributed by atoms with van der Waals surface area (Å²) in [5, 5.41) is 12.1. The zero-order valence-corrected chi connectivity index (χ0v) is 16.1. The van der Waals surface area contributed by atoms with E-state index in [9.17, 15) is 19.5 Å². The molecule has 1 saturated carbocycles. The van der Waals surface area contributed by atoms with Gasteiger partial charge in [0.1, 0.15) is 5.57 Å². The molecule has 2 amide bonds. The number of fused-ring (bicyclic) bond motifs is 1. The van der Waals surface area contributed by atoms with Crippen molar-refractivity contribution in [2.45, 2.75) is 59.8 Å². The second kappa shape index (κ2) is 6.67. The Morgan fingerprint density at radius 2 is 2.00 bits per heavy atom. The van der Waals surface area contributed by atoms with Crippen LogP contribution in [-0.2, 0) is 14.4 Å². The summed E-state index contributed by atoms with van der Waals surface area (Å²) in [5.74, 6) is -1.63. The van der Waals surface area contributed by atoms with Crippen LogP contribution in [0.2, 0.25) is 0 Å². The minimum Gasteiger partial charge on any atom is -0.502 e. The Kier molecular flexibility index (Phi) is 4.84. The third-order valence-corrected chi connectivity index (χ3v) is 6.88. The molecule has 5 heteroatoms. The van der Waals surface area contributed by atoms with Gasteiger partial charge in [-0.1, -0.05) is 45.3 Å². The molecule has 3 rings (SSSR count). The Bertz CT molecular complexity index is 720. The molecule has 2 N–H and O–H groups in total. The summed E-state index contributed by atoms with van der Waals surface area (Å²) < 4.78 is 0. The molecule has 0 aromatic rings. The van der Waals surface area contributed by atoms with Crippen LogP contribution < -0.4 is 5.32 Å². The normalized spacial score (nSPS) is 37.3. The molecule has 0 aromatic heterocycles. The molecular weight excluding hydrogens is 330 g/mol. The highest BCUT2D eigenvalue weighted by atomic mass is 16.3. The number of carbonyl (C=O) groups excluding carboxylic acids is 3. The second-order valence-corrected chi connectivity index (χ2v) is 8.56. The van der Waals surface area contributed by atoms with E-state index in [0.29, 0.717) is 11.8 Å². The lowest BCUT2D eigenvalue weighted by atomic mass is 9.50. The van der Waals surface area contributed by atoms with Gasteiger partial charge in [-0.3, -0.25) is 19.7 Å². The van der Waals surface area contributed by atoms with Crippen molar-refractivity contribution in [2.75, 3.05) is 0 Å². The van der Waals surface area contributed by atoms with Gasteiger partial charge in [0, 0.05) is 5.41 Å². The highest BCUT2D eigenvalue weighted by Crippen LogP contribution is 2.56. The Balaban J connectivity index is 2.10. The second-order valence-electron chi connectivity index (χ2n) is 8.56. The summed E-state index contributed by atoms with van der Waals surface area (Å²) in [7, 11) is 0. The topological polar surface area (TPSA) is 83.5 Å². The van der Waals surface area contributed by atoms with Crippen molar-refractivity contribution in [3.8, 4) is 0 Å². The fourth-order valence-electron chi connectivity index (χ4n) is 5.61. The molecule has 2 aliphatic carbocycles. The van der Waals surface area contributed by atoms with Crippen LogP contribution in [-0.4, -0.2) is 22.7 Å². The number of allylic oxidation sites excluding steroid dienone is 2. The smallest absolute Gasteiger partial charge is 0.293 e. The van der Waals surface area contributed by atoms with Crippen molar-refractivity contribution >= 4 is 17.6 Å². The molecule has 0 saturated heterocycles. The van der Waals surface area contributed by atoms with E-state index in [1.54, 1.807) is 0 Å². The molecule has 1 fully saturated rings. The fraction of sp³-hybridized carbons (Fsp3) is 0.667. The Morgan fingerprint density at radius 1 is 1.31 bits per heavy atom. The van der Waals surface area contributed by atoms with Crippen molar-refractivity contribution < 1.29 is 19.5 Å². The lowest BCUT2D eigenvalue weighted by Gasteiger charge is -2.52. The highest BCUT2D eigenvalue weighted by molar-refractivity contribution is 6.32. The monoisotopic (exact) mass is 359 g/mol. The minimum atomic E-state index is -0.870. The van der Waals surface area contributed by atoms with Crippen molar-refractivity contribution in [3.05, 3.63) is 23.0 Å². The van der Waals surface area contributed by atoms with Gasteiger partial charge in [0.25, 0.3) is 11.8 Å². The van der Waals surface area contributed by atoms with Crippen molar-refractivity contribution in [2.24, 2.45) is 29.1 Å². The largest absolute Gasteiger partial charge is 0.502 e. The lowest BCUT2D eigenvalue weighted by Crippen LogP contribution is -2.51. The number of aliphatic hydroxyl groups excluding tert-OH is 1. The zero-order valence-electron chi connectivity index (χ0n) is 16.1. The average Bonchev–Trinajstić information content (AvgIpc) is 2.82. The lowest BCUT2D eigenvalue weighted by molar-refractivity contribution is -0.135. The number of imide groups is 1. The summed E-state index contributed by atoms with van der Waals surface area (Å²) in [6.07, 6.45) is 7.16. The predicted molar refractivity (Wildman–Crippen MR) is 98.1 cm³/mol. The Labute approximate surface area is 154 Å².